The number of rotatable bonds is 3. The highest BCUT2D eigenvalue weighted by Gasteiger charge is 2.11. The molecule has 0 heterocycles. The van der Waals surface area contributed by atoms with Crippen LogP contribution < -0.4 is 0 Å². The zero-order valence-electron chi connectivity index (χ0n) is 8.99. The SMILES string of the molecule is O=C(Cl)c1cc(F)ccc1Sc1cccc(F)c1. The van der Waals surface area contributed by atoms with Crippen LogP contribution in [0.5, 0.6) is 0 Å². The van der Waals surface area contributed by atoms with Gasteiger partial charge in [0.15, 0.2) is 0 Å². The molecule has 0 bridgehead atoms. The van der Waals surface area contributed by atoms with Crippen molar-refractivity contribution in [1.29, 1.82) is 0 Å². The number of hydrogen-bond acceptors (Lipinski definition) is 2. The minimum absolute atomic E-state index is 0.0749. The summed E-state index contributed by atoms with van der Waals surface area (Å²) in [6.45, 7) is 0. The summed E-state index contributed by atoms with van der Waals surface area (Å²) in [7, 11) is 0. The molecule has 5 heteroatoms. The molecule has 0 aliphatic rings. The van der Waals surface area contributed by atoms with Crippen LogP contribution in [0.25, 0.3) is 0 Å². The molecule has 2 aromatic carbocycles. The predicted octanol–water partition coefficient (Wildman–Crippen LogP) is 4.50. The summed E-state index contributed by atoms with van der Waals surface area (Å²) in [5, 5.41) is -0.742. The lowest BCUT2D eigenvalue weighted by molar-refractivity contribution is 0.107. The molecule has 0 radical (unpaired) electrons. The molecule has 18 heavy (non-hydrogen) atoms. The van der Waals surface area contributed by atoms with Gasteiger partial charge >= 0.3 is 0 Å². The van der Waals surface area contributed by atoms with E-state index >= 15 is 0 Å². The fourth-order valence-corrected chi connectivity index (χ4v) is 2.58. The van der Waals surface area contributed by atoms with E-state index in [-0.39, 0.29) is 11.4 Å². The number of halogens is 3. The molecule has 0 aliphatic carbocycles. The van der Waals surface area contributed by atoms with Gasteiger partial charge in [0.1, 0.15) is 11.6 Å². The summed E-state index contributed by atoms with van der Waals surface area (Å²) >= 11 is 6.54. The standard InChI is InChI=1S/C13H7ClF2OS/c14-13(17)11-7-9(16)4-5-12(11)18-10-3-1-2-8(15)6-10/h1-7H. The van der Waals surface area contributed by atoms with E-state index in [9.17, 15) is 13.6 Å². The smallest absolute Gasteiger partial charge is 0.253 e. The van der Waals surface area contributed by atoms with Gasteiger partial charge in [-0.3, -0.25) is 4.79 Å². The normalized spacial score (nSPS) is 10.4. The average molecular weight is 285 g/mol. The first-order valence-corrected chi connectivity index (χ1v) is 6.18. The van der Waals surface area contributed by atoms with Crippen molar-refractivity contribution < 1.29 is 13.6 Å². The molecule has 92 valence electrons. The first kappa shape index (κ1) is 13.1. The third-order valence-corrected chi connectivity index (χ3v) is 3.45. The third-order valence-electron chi connectivity index (χ3n) is 2.18. The minimum Gasteiger partial charge on any atom is -0.276 e. The second-order valence-electron chi connectivity index (χ2n) is 3.47. The highest BCUT2D eigenvalue weighted by Crippen LogP contribution is 2.31. The van der Waals surface area contributed by atoms with Gasteiger partial charge in [-0.25, -0.2) is 8.78 Å². The topological polar surface area (TPSA) is 17.1 Å². The number of carbonyl (C=O) groups excluding carboxylic acids is 1. The summed E-state index contributed by atoms with van der Waals surface area (Å²) in [4.78, 5) is 12.3. The Labute approximate surface area is 112 Å². The molecular formula is C13H7ClF2OS. The Morgan fingerprint density at radius 2 is 1.78 bits per heavy atom. The van der Waals surface area contributed by atoms with Gasteiger partial charge in [0.25, 0.3) is 5.24 Å². The average Bonchev–Trinajstić information content (AvgIpc) is 2.31. The highest BCUT2D eigenvalue weighted by atomic mass is 35.5. The first-order chi connectivity index (χ1) is 8.56. The lowest BCUT2D eigenvalue weighted by Gasteiger charge is -2.06. The van der Waals surface area contributed by atoms with Crippen molar-refractivity contribution in [3.63, 3.8) is 0 Å². The van der Waals surface area contributed by atoms with Gasteiger partial charge in [0, 0.05) is 9.79 Å². The molecule has 0 saturated carbocycles. The van der Waals surface area contributed by atoms with Crippen LogP contribution in [-0.2, 0) is 0 Å². The lowest BCUT2D eigenvalue weighted by atomic mass is 10.2. The lowest BCUT2D eigenvalue weighted by Crippen LogP contribution is -1.93. The van der Waals surface area contributed by atoms with E-state index in [0.717, 1.165) is 17.8 Å². The van der Waals surface area contributed by atoms with Crippen LogP contribution in [0.4, 0.5) is 8.78 Å². The highest BCUT2D eigenvalue weighted by molar-refractivity contribution is 7.99. The van der Waals surface area contributed by atoms with Crippen LogP contribution in [0, 0.1) is 11.6 Å². The first-order valence-electron chi connectivity index (χ1n) is 4.99. The summed E-state index contributed by atoms with van der Waals surface area (Å²) in [6, 6.07) is 9.64. The molecule has 0 N–H and O–H groups in total. The largest absolute Gasteiger partial charge is 0.276 e. The van der Waals surface area contributed by atoms with Gasteiger partial charge in [-0.15, -0.1) is 0 Å². The Hall–Kier alpha value is -1.39. The zero-order chi connectivity index (χ0) is 13.1. The van der Waals surface area contributed by atoms with E-state index in [2.05, 4.69) is 0 Å². The minimum atomic E-state index is -0.742. The van der Waals surface area contributed by atoms with Gasteiger partial charge in [-0.2, -0.15) is 0 Å². The molecule has 0 fully saturated rings. The van der Waals surface area contributed by atoms with Gasteiger partial charge in [-0.05, 0) is 48.0 Å². The molecule has 0 atom stereocenters. The van der Waals surface area contributed by atoms with Gasteiger partial charge in [0.2, 0.25) is 0 Å². The Bertz CT molecular complexity index is 601. The van der Waals surface area contributed by atoms with E-state index in [1.165, 1.54) is 24.3 Å². The monoisotopic (exact) mass is 284 g/mol. The quantitative estimate of drug-likeness (QED) is 0.772. The molecular weight excluding hydrogens is 278 g/mol. The van der Waals surface area contributed by atoms with Crippen molar-refractivity contribution >= 4 is 28.6 Å². The van der Waals surface area contributed by atoms with Crippen LogP contribution in [0.15, 0.2) is 52.3 Å². The number of hydrogen-bond donors (Lipinski definition) is 0. The molecule has 1 nitrogen and oxygen atoms in total. The van der Waals surface area contributed by atoms with E-state index < -0.39 is 11.1 Å². The number of benzene rings is 2. The van der Waals surface area contributed by atoms with Crippen LogP contribution in [0.2, 0.25) is 0 Å². The van der Waals surface area contributed by atoms with Crippen molar-refractivity contribution in [3.05, 3.63) is 59.7 Å². The Morgan fingerprint density at radius 3 is 2.44 bits per heavy atom. The second kappa shape index (κ2) is 5.50. The van der Waals surface area contributed by atoms with Gasteiger partial charge < -0.3 is 0 Å². The molecule has 0 spiro atoms. The molecule has 2 rings (SSSR count). The fourth-order valence-electron chi connectivity index (χ4n) is 1.40. The summed E-state index contributed by atoms with van der Waals surface area (Å²) < 4.78 is 26.1. The Kier molecular flexibility index (Phi) is 3.99. The zero-order valence-corrected chi connectivity index (χ0v) is 10.6. The van der Waals surface area contributed by atoms with E-state index in [1.54, 1.807) is 12.1 Å². The van der Waals surface area contributed by atoms with Gasteiger partial charge in [-0.1, -0.05) is 17.8 Å². The fraction of sp³-hybridized carbons (Fsp3) is 0. The van der Waals surface area contributed by atoms with Crippen molar-refractivity contribution in [2.24, 2.45) is 0 Å². The summed E-state index contributed by atoms with van der Waals surface area (Å²) in [5.41, 5.74) is 0.0749. The molecule has 0 aliphatic heterocycles. The maximum absolute atomic E-state index is 13.0. The Balaban J connectivity index is 2.37. The van der Waals surface area contributed by atoms with Gasteiger partial charge in [0.05, 0.1) is 5.56 Å². The summed E-state index contributed by atoms with van der Waals surface area (Å²) in [6.07, 6.45) is 0. The van der Waals surface area contributed by atoms with E-state index in [4.69, 9.17) is 11.6 Å². The number of carbonyl (C=O) groups is 1. The third kappa shape index (κ3) is 3.09. The maximum Gasteiger partial charge on any atom is 0.253 e. The molecule has 0 amide bonds. The van der Waals surface area contributed by atoms with E-state index in [0.29, 0.717) is 9.79 Å². The van der Waals surface area contributed by atoms with Crippen LogP contribution in [0.3, 0.4) is 0 Å². The van der Waals surface area contributed by atoms with Crippen LogP contribution in [-0.4, -0.2) is 5.24 Å². The van der Waals surface area contributed by atoms with Crippen molar-refractivity contribution in [2.45, 2.75) is 9.79 Å². The maximum atomic E-state index is 13.0. The molecule has 0 unspecified atom stereocenters. The second-order valence-corrected chi connectivity index (χ2v) is 4.93. The molecule has 2 aromatic rings. The molecule has 0 saturated heterocycles. The van der Waals surface area contributed by atoms with Crippen LogP contribution in [0.1, 0.15) is 10.4 Å². The summed E-state index contributed by atoms with van der Waals surface area (Å²) in [5.74, 6) is -0.913. The van der Waals surface area contributed by atoms with Crippen molar-refractivity contribution in [1.82, 2.24) is 0 Å². The van der Waals surface area contributed by atoms with E-state index in [1.807, 2.05) is 0 Å². The molecule has 0 aromatic heterocycles. The van der Waals surface area contributed by atoms with Crippen LogP contribution >= 0.6 is 23.4 Å². The predicted molar refractivity (Wildman–Crippen MR) is 67.1 cm³/mol. The van der Waals surface area contributed by atoms with Crippen molar-refractivity contribution in [2.75, 3.05) is 0 Å². The Morgan fingerprint density at radius 1 is 1.06 bits per heavy atom. The van der Waals surface area contributed by atoms with Crippen molar-refractivity contribution in [3.8, 4) is 0 Å².